The molecule has 0 aliphatic heterocycles. The summed E-state index contributed by atoms with van der Waals surface area (Å²) in [4.78, 5) is 13.4. The second-order valence-electron chi connectivity index (χ2n) is 5.72. The van der Waals surface area contributed by atoms with Crippen molar-refractivity contribution >= 4 is 5.91 Å². The number of likely N-dealkylation sites (N-methyl/N-ethyl adjacent to an activating group) is 1. The summed E-state index contributed by atoms with van der Waals surface area (Å²) in [6.07, 6.45) is 0. The molecule has 0 spiro atoms. The van der Waals surface area contributed by atoms with E-state index in [2.05, 4.69) is 5.32 Å². The van der Waals surface area contributed by atoms with Crippen molar-refractivity contribution in [2.24, 2.45) is 0 Å². The maximum atomic E-state index is 13.6. The number of ether oxygens (including phenoxy) is 1. The minimum Gasteiger partial charge on any atom is -0.484 e. The number of halogens is 1. The average Bonchev–Trinajstić information content (AvgIpc) is 2.41. The smallest absolute Gasteiger partial charge is 0.260 e. The third-order valence-electron chi connectivity index (χ3n) is 3.18. The van der Waals surface area contributed by atoms with Crippen molar-refractivity contribution in [3.05, 3.63) is 29.6 Å². The summed E-state index contributed by atoms with van der Waals surface area (Å²) in [5.74, 6) is -0.116. The first-order valence-electron chi connectivity index (χ1n) is 7.21. The zero-order chi connectivity index (χ0) is 16.0. The van der Waals surface area contributed by atoms with Gasteiger partial charge >= 0.3 is 0 Å². The molecule has 1 amide bonds. The van der Waals surface area contributed by atoms with Crippen LogP contribution in [0.1, 0.15) is 33.3 Å². The van der Waals surface area contributed by atoms with Gasteiger partial charge in [-0.15, -0.1) is 0 Å². The number of carbonyl (C=O) groups is 1. The van der Waals surface area contributed by atoms with Crippen molar-refractivity contribution in [1.82, 2.24) is 10.2 Å². The van der Waals surface area contributed by atoms with Gasteiger partial charge in [-0.05, 0) is 31.5 Å². The van der Waals surface area contributed by atoms with Gasteiger partial charge in [0.25, 0.3) is 5.91 Å². The summed E-state index contributed by atoms with van der Waals surface area (Å²) >= 11 is 0. The molecule has 0 atom stereocenters. The number of rotatable bonds is 7. The lowest BCUT2D eigenvalue weighted by atomic mass is 10.2. The van der Waals surface area contributed by atoms with Crippen LogP contribution in [0.5, 0.6) is 5.75 Å². The van der Waals surface area contributed by atoms with Gasteiger partial charge in [0, 0.05) is 31.7 Å². The molecule has 1 aromatic carbocycles. The van der Waals surface area contributed by atoms with Gasteiger partial charge in [0.2, 0.25) is 0 Å². The van der Waals surface area contributed by atoms with Gasteiger partial charge in [0.15, 0.2) is 6.61 Å². The van der Waals surface area contributed by atoms with Crippen LogP contribution in [0.25, 0.3) is 0 Å². The first-order valence-corrected chi connectivity index (χ1v) is 7.21. The summed E-state index contributed by atoms with van der Waals surface area (Å²) < 4.78 is 19.0. The Bertz CT molecular complexity index is 475. The normalized spacial score (nSPS) is 11.0. The van der Waals surface area contributed by atoms with Crippen molar-refractivity contribution in [1.29, 1.82) is 0 Å². The summed E-state index contributed by atoms with van der Waals surface area (Å²) in [6.45, 7) is 8.38. The summed E-state index contributed by atoms with van der Waals surface area (Å²) in [5, 5.41) is 3.22. The first kappa shape index (κ1) is 17.4. The van der Waals surface area contributed by atoms with E-state index in [1.165, 1.54) is 12.1 Å². The molecule has 0 aliphatic carbocycles. The van der Waals surface area contributed by atoms with Crippen LogP contribution in [-0.2, 0) is 11.3 Å². The van der Waals surface area contributed by atoms with Gasteiger partial charge in [-0.2, -0.15) is 0 Å². The quantitative estimate of drug-likeness (QED) is 0.841. The summed E-state index contributed by atoms with van der Waals surface area (Å²) in [7, 11) is 1.72. The van der Waals surface area contributed by atoms with Crippen molar-refractivity contribution in [2.45, 2.75) is 46.3 Å². The maximum absolute atomic E-state index is 13.6. The largest absolute Gasteiger partial charge is 0.484 e. The molecule has 21 heavy (non-hydrogen) atoms. The Kier molecular flexibility index (Phi) is 6.62. The fourth-order valence-electron chi connectivity index (χ4n) is 1.66. The number of hydrogen-bond acceptors (Lipinski definition) is 3. The number of nitrogens with zero attached hydrogens (tertiary/aromatic N) is 1. The van der Waals surface area contributed by atoms with Gasteiger partial charge in [0.1, 0.15) is 11.6 Å². The van der Waals surface area contributed by atoms with Crippen LogP contribution in [0.15, 0.2) is 18.2 Å². The van der Waals surface area contributed by atoms with Crippen LogP contribution in [0.3, 0.4) is 0 Å². The van der Waals surface area contributed by atoms with E-state index in [-0.39, 0.29) is 24.4 Å². The molecule has 1 rings (SSSR count). The minimum atomic E-state index is -0.363. The molecule has 0 heterocycles. The second-order valence-corrected chi connectivity index (χ2v) is 5.72. The summed E-state index contributed by atoms with van der Waals surface area (Å²) in [5.41, 5.74) is 0.795. The van der Waals surface area contributed by atoms with Crippen molar-refractivity contribution in [3.8, 4) is 5.75 Å². The third-order valence-corrected chi connectivity index (χ3v) is 3.18. The van der Waals surface area contributed by atoms with E-state index in [0.717, 1.165) is 5.56 Å². The molecule has 0 fully saturated rings. The minimum absolute atomic E-state index is 0.0881. The zero-order valence-electron chi connectivity index (χ0n) is 13.4. The van der Waals surface area contributed by atoms with Gasteiger partial charge in [-0.3, -0.25) is 4.79 Å². The number of carbonyl (C=O) groups excluding carboxylic acids is 1. The van der Waals surface area contributed by atoms with Gasteiger partial charge in [-0.25, -0.2) is 4.39 Å². The Morgan fingerprint density at radius 2 is 1.95 bits per heavy atom. The van der Waals surface area contributed by atoms with E-state index < -0.39 is 0 Å². The van der Waals surface area contributed by atoms with Gasteiger partial charge in [-0.1, -0.05) is 13.8 Å². The molecule has 118 valence electrons. The SMILES string of the molecule is CC(C)NCc1cc(F)cc(OCC(=O)N(C)C(C)C)c1. The lowest BCUT2D eigenvalue weighted by molar-refractivity contribution is -0.133. The van der Waals surface area contributed by atoms with Crippen LogP contribution < -0.4 is 10.1 Å². The van der Waals surface area contributed by atoms with Crippen LogP contribution in [0, 0.1) is 5.82 Å². The Labute approximate surface area is 126 Å². The van der Waals surface area contributed by atoms with Crippen molar-refractivity contribution < 1.29 is 13.9 Å². The molecule has 0 aromatic heterocycles. The molecule has 0 radical (unpaired) electrons. The fraction of sp³-hybridized carbons (Fsp3) is 0.562. The van der Waals surface area contributed by atoms with Crippen LogP contribution in [0.2, 0.25) is 0 Å². The highest BCUT2D eigenvalue weighted by Gasteiger charge is 2.13. The molecule has 0 bridgehead atoms. The lowest BCUT2D eigenvalue weighted by Crippen LogP contribution is -2.36. The monoisotopic (exact) mass is 296 g/mol. The van der Waals surface area contributed by atoms with Gasteiger partial charge in [0.05, 0.1) is 0 Å². The number of hydrogen-bond donors (Lipinski definition) is 1. The molecule has 4 nitrogen and oxygen atoms in total. The zero-order valence-corrected chi connectivity index (χ0v) is 13.4. The Hall–Kier alpha value is -1.62. The maximum Gasteiger partial charge on any atom is 0.260 e. The Morgan fingerprint density at radius 1 is 1.29 bits per heavy atom. The highest BCUT2D eigenvalue weighted by Crippen LogP contribution is 2.17. The first-order chi connectivity index (χ1) is 9.79. The standard InChI is InChI=1S/C16H25FN2O2/c1-11(2)18-9-13-6-14(17)8-15(7-13)21-10-16(20)19(5)12(3)4/h6-8,11-12,18H,9-10H2,1-5H3. The molecule has 1 N–H and O–H groups in total. The number of amides is 1. The van der Waals surface area contributed by atoms with Crippen LogP contribution >= 0.6 is 0 Å². The van der Waals surface area contributed by atoms with E-state index in [1.54, 1.807) is 18.0 Å². The highest BCUT2D eigenvalue weighted by molar-refractivity contribution is 5.77. The average molecular weight is 296 g/mol. The van der Waals surface area contributed by atoms with Gasteiger partial charge < -0.3 is 15.0 Å². The lowest BCUT2D eigenvalue weighted by Gasteiger charge is -2.21. The van der Waals surface area contributed by atoms with E-state index in [1.807, 2.05) is 27.7 Å². The molecule has 5 heteroatoms. The molecular weight excluding hydrogens is 271 g/mol. The number of nitrogens with one attached hydrogen (secondary N) is 1. The molecule has 0 saturated heterocycles. The predicted octanol–water partition coefficient (Wildman–Crippen LogP) is 2.57. The highest BCUT2D eigenvalue weighted by atomic mass is 19.1. The van der Waals surface area contributed by atoms with E-state index >= 15 is 0 Å². The second kappa shape index (κ2) is 7.98. The van der Waals surface area contributed by atoms with Crippen LogP contribution in [-0.4, -0.2) is 36.5 Å². The molecule has 0 saturated carbocycles. The fourth-order valence-corrected chi connectivity index (χ4v) is 1.66. The van der Waals surface area contributed by atoms with E-state index in [9.17, 15) is 9.18 Å². The molecule has 0 aliphatic rings. The van der Waals surface area contributed by atoms with Crippen molar-refractivity contribution in [3.63, 3.8) is 0 Å². The predicted molar refractivity (Wildman–Crippen MR) is 81.8 cm³/mol. The molecule has 1 aromatic rings. The topological polar surface area (TPSA) is 41.6 Å². The van der Waals surface area contributed by atoms with E-state index in [4.69, 9.17) is 4.74 Å². The summed E-state index contributed by atoms with van der Waals surface area (Å²) in [6, 6.07) is 4.94. The van der Waals surface area contributed by atoms with E-state index in [0.29, 0.717) is 18.3 Å². The Balaban J connectivity index is 2.64. The molecule has 0 unspecified atom stereocenters. The van der Waals surface area contributed by atoms with Crippen molar-refractivity contribution in [2.75, 3.05) is 13.7 Å². The Morgan fingerprint density at radius 3 is 2.52 bits per heavy atom. The third kappa shape index (κ3) is 6.12. The van der Waals surface area contributed by atoms with Crippen LogP contribution in [0.4, 0.5) is 4.39 Å². The number of benzene rings is 1. The molecular formula is C16H25FN2O2.